The third-order valence-electron chi connectivity index (χ3n) is 14.2. The summed E-state index contributed by atoms with van der Waals surface area (Å²) < 4.78 is 0. The molecule has 0 aliphatic rings. The number of aryl methyl sites for hydroxylation is 2. The van der Waals surface area contributed by atoms with E-state index in [0.717, 1.165) is 34.1 Å². The minimum absolute atomic E-state index is 1.10. The van der Waals surface area contributed by atoms with E-state index < -0.39 is 0 Å². The zero-order valence-electron chi connectivity index (χ0n) is 39.1. The van der Waals surface area contributed by atoms with Crippen molar-refractivity contribution in [2.75, 3.05) is 9.80 Å². The Kier molecular flexibility index (Phi) is 9.99. The van der Waals surface area contributed by atoms with Gasteiger partial charge in [-0.3, -0.25) is 0 Å². The van der Waals surface area contributed by atoms with E-state index in [4.69, 9.17) is 0 Å². The second-order valence-corrected chi connectivity index (χ2v) is 18.7. The third kappa shape index (κ3) is 7.12. The van der Waals surface area contributed by atoms with Gasteiger partial charge in [-0.25, -0.2) is 0 Å². The van der Waals surface area contributed by atoms with Gasteiger partial charge < -0.3 is 9.80 Å². The highest BCUT2D eigenvalue weighted by molar-refractivity contribution is 6.23. The average Bonchev–Trinajstić information content (AvgIpc) is 3.40. The monoisotopic (exact) mass is 892 g/mol. The maximum absolute atomic E-state index is 2.46. The molecule has 0 heterocycles. The summed E-state index contributed by atoms with van der Waals surface area (Å²) in [6, 6.07) is 94.4. The van der Waals surface area contributed by atoms with Gasteiger partial charge in [-0.05, 0) is 174 Å². The van der Waals surface area contributed by atoms with E-state index in [-0.39, 0.29) is 0 Å². The van der Waals surface area contributed by atoms with Gasteiger partial charge in [0.1, 0.15) is 0 Å². The Balaban J connectivity index is 1.16. The summed E-state index contributed by atoms with van der Waals surface area (Å²) in [7, 11) is 0. The van der Waals surface area contributed by atoms with E-state index in [1.165, 1.54) is 98.0 Å². The SMILES string of the molecule is Cc1cccc(N(c2ccc3c(-c4ccc5ccccc5c4)c4cc(N(c5cccc(C)c5)c5cccc6ccccc56)ccc4c(-c4ccc5ccccc5c4)c3c2)c2cccc3ccccc23)c1. The van der Waals surface area contributed by atoms with Crippen LogP contribution in [0.4, 0.5) is 34.1 Å². The van der Waals surface area contributed by atoms with E-state index >= 15 is 0 Å². The molecule has 0 N–H and O–H groups in total. The summed E-state index contributed by atoms with van der Waals surface area (Å²) in [5, 5.41) is 14.5. The number of nitrogens with zero attached hydrogens (tertiary/aromatic N) is 2. The van der Waals surface area contributed by atoms with E-state index in [9.17, 15) is 0 Å². The topological polar surface area (TPSA) is 6.48 Å². The van der Waals surface area contributed by atoms with E-state index in [1.807, 2.05) is 0 Å². The van der Waals surface area contributed by atoms with Crippen LogP contribution in [0.2, 0.25) is 0 Å². The summed E-state index contributed by atoms with van der Waals surface area (Å²) in [4.78, 5) is 4.90. The van der Waals surface area contributed by atoms with Crippen LogP contribution in [0.3, 0.4) is 0 Å². The van der Waals surface area contributed by atoms with Crippen LogP contribution in [0.25, 0.3) is 86.9 Å². The predicted molar refractivity (Wildman–Crippen MR) is 301 cm³/mol. The first-order chi connectivity index (χ1) is 34.5. The molecular formula is C68H48N2. The quantitative estimate of drug-likeness (QED) is 0.140. The first-order valence-electron chi connectivity index (χ1n) is 24.2. The number of rotatable bonds is 8. The Morgan fingerprint density at radius 3 is 1.04 bits per heavy atom. The van der Waals surface area contributed by atoms with Crippen LogP contribution in [-0.4, -0.2) is 0 Å². The molecule has 0 saturated heterocycles. The van der Waals surface area contributed by atoms with Gasteiger partial charge in [-0.1, -0.05) is 182 Å². The fourth-order valence-corrected chi connectivity index (χ4v) is 11.0. The molecule has 13 aromatic carbocycles. The number of anilines is 6. The van der Waals surface area contributed by atoms with Gasteiger partial charge >= 0.3 is 0 Å². The lowest BCUT2D eigenvalue weighted by Gasteiger charge is -2.29. The Hall–Kier alpha value is -8.98. The number of hydrogen-bond donors (Lipinski definition) is 0. The lowest BCUT2D eigenvalue weighted by Crippen LogP contribution is -2.11. The van der Waals surface area contributed by atoms with E-state index in [2.05, 4.69) is 278 Å². The molecule has 13 aromatic rings. The van der Waals surface area contributed by atoms with Gasteiger partial charge in [0, 0.05) is 33.5 Å². The van der Waals surface area contributed by atoms with Gasteiger partial charge in [-0.2, -0.15) is 0 Å². The fraction of sp³-hybridized carbons (Fsp3) is 0.0294. The van der Waals surface area contributed by atoms with Gasteiger partial charge in [0.05, 0.1) is 11.4 Å². The zero-order valence-corrected chi connectivity index (χ0v) is 39.1. The molecule has 0 atom stereocenters. The second kappa shape index (κ2) is 17.0. The van der Waals surface area contributed by atoms with Gasteiger partial charge in [-0.15, -0.1) is 0 Å². The van der Waals surface area contributed by atoms with Gasteiger partial charge in [0.15, 0.2) is 0 Å². The van der Waals surface area contributed by atoms with Crippen molar-refractivity contribution in [3.63, 3.8) is 0 Å². The molecule has 2 nitrogen and oxygen atoms in total. The summed E-state index contributed by atoms with van der Waals surface area (Å²) in [5.74, 6) is 0. The Morgan fingerprint density at radius 1 is 0.229 bits per heavy atom. The Bertz CT molecular complexity index is 3900. The number of benzene rings is 13. The maximum Gasteiger partial charge on any atom is 0.0540 e. The van der Waals surface area contributed by atoms with Crippen LogP contribution in [0.5, 0.6) is 0 Å². The largest absolute Gasteiger partial charge is 0.310 e. The van der Waals surface area contributed by atoms with Crippen molar-refractivity contribution in [1.29, 1.82) is 0 Å². The first-order valence-corrected chi connectivity index (χ1v) is 24.2. The highest BCUT2D eigenvalue weighted by Crippen LogP contribution is 2.50. The number of fused-ring (bicyclic) bond motifs is 6. The van der Waals surface area contributed by atoms with Gasteiger partial charge in [0.2, 0.25) is 0 Å². The van der Waals surface area contributed by atoms with Crippen molar-refractivity contribution in [1.82, 2.24) is 0 Å². The van der Waals surface area contributed by atoms with Crippen LogP contribution in [-0.2, 0) is 0 Å². The van der Waals surface area contributed by atoms with Crippen molar-refractivity contribution < 1.29 is 0 Å². The summed E-state index contributed by atoms with van der Waals surface area (Å²) in [5.41, 5.74) is 13.9. The molecular weight excluding hydrogens is 845 g/mol. The van der Waals surface area contributed by atoms with Crippen molar-refractivity contribution in [2.24, 2.45) is 0 Å². The van der Waals surface area contributed by atoms with Crippen LogP contribution < -0.4 is 9.80 Å². The Labute approximate surface area is 408 Å². The standard InChI is InChI=1S/C68H48N2/c1-45-15-11-25-55(39-45)69(65-29-13-23-49-19-7-9-27-59(49)65)57-35-37-61-63(43-57)67(53-33-31-47-17-3-5-21-51(47)41-53)62-38-36-58(44-64(62)68(61)54-34-32-48-18-4-6-22-52(48)42-54)70(56-26-12-16-46(2)40-56)66-30-14-24-50-20-8-10-28-60(50)66/h3-44H,1-2H3. The molecule has 0 amide bonds. The van der Waals surface area contributed by atoms with Crippen molar-refractivity contribution in [2.45, 2.75) is 13.8 Å². The second-order valence-electron chi connectivity index (χ2n) is 18.7. The third-order valence-corrected chi connectivity index (χ3v) is 14.2. The molecule has 0 unspecified atom stereocenters. The molecule has 2 heteroatoms. The highest BCUT2D eigenvalue weighted by Gasteiger charge is 2.24. The molecule has 330 valence electrons. The highest BCUT2D eigenvalue weighted by atomic mass is 15.1. The van der Waals surface area contributed by atoms with E-state index in [1.54, 1.807) is 0 Å². The minimum atomic E-state index is 1.10. The Morgan fingerprint density at radius 2 is 0.600 bits per heavy atom. The van der Waals surface area contributed by atoms with Crippen LogP contribution in [0.15, 0.2) is 255 Å². The predicted octanol–water partition coefficient (Wildman–Crippen LogP) is 19.5. The van der Waals surface area contributed by atoms with Gasteiger partial charge in [0.25, 0.3) is 0 Å². The molecule has 13 rings (SSSR count). The molecule has 0 fully saturated rings. The summed E-state index contributed by atoms with van der Waals surface area (Å²) in [6.07, 6.45) is 0. The van der Waals surface area contributed by atoms with Crippen LogP contribution in [0.1, 0.15) is 11.1 Å². The molecule has 0 aliphatic carbocycles. The van der Waals surface area contributed by atoms with Crippen LogP contribution >= 0.6 is 0 Å². The first kappa shape index (κ1) is 41.2. The molecule has 0 radical (unpaired) electrons. The normalized spacial score (nSPS) is 11.6. The summed E-state index contributed by atoms with van der Waals surface area (Å²) >= 11 is 0. The van der Waals surface area contributed by atoms with E-state index in [0.29, 0.717) is 0 Å². The molecule has 0 bridgehead atoms. The molecule has 70 heavy (non-hydrogen) atoms. The minimum Gasteiger partial charge on any atom is -0.310 e. The molecule has 0 spiro atoms. The van der Waals surface area contributed by atoms with Crippen molar-refractivity contribution in [3.05, 3.63) is 266 Å². The number of hydrogen-bond acceptors (Lipinski definition) is 2. The zero-order chi connectivity index (χ0) is 46.7. The molecule has 0 aliphatic heterocycles. The average molecular weight is 893 g/mol. The smallest absolute Gasteiger partial charge is 0.0540 e. The molecule has 0 saturated carbocycles. The fourth-order valence-electron chi connectivity index (χ4n) is 11.0. The van der Waals surface area contributed by atoms with Crippen LogP contribution in [0, 0.1) is 13.8 Å². The lowest BCUT2D eigenvalue weighted by molar-refractivity contribution is 1.29. The van der Waals surface area contributed by atoms with Crippen molar-refractivity contribution in [3.8, 4) is 22.3 Å². The maximum atomic E-state index is 2.46. The lowest BCUT2D eigenvalue weighted by atomic mass is 9.84. The summed E-state index contributed by atoms with van der Waals surface area (Å²) in [6.45, 7) is 4.36. The molecule has 0 aromatic heterocycles. The van der Waals surface area contributed by atoms with Crippen molar-refractivity contribution >= 4 is 98.8 Å².